The number of carbonyl (C=O) groups excluding carboxylic acids is 3. The van der Waals surface area contributed by atoms with Crippen molar-refractivity contribution < 1.29 is 41.5 Å². The molecular formula is C19H20F4N8O5. The number of amides is 3. The monoisotopic (exact) mass is 516 g/mol. The fourth-order valence-electron chi connectivity index (χ4n) is 3.67. The number of anilines is 2. The van der Waals surface area contributed by atoms with Crippen molar-refractivity contribution in [3.05, 3.63) is 30.1 Å². The second-order valence-electron chi connectivity index (χ2n) is 7.70. The summed E-state index contributed by atoms with van der Waals surface area (Å²) in [5, 5.41) is 13.8. The van der Waals surface area contributed by atoms with E-state index in [9.17, 15) is 23.2 Å². The normalized spacial score (nSPS) is 18.4. The Balaban J connectivity index is 1.40. The molecule has 17 heteroatoms. The number of cyclic esters (lactones) is 1. The number of hydroxylamine groups is 2. The van der Waals surface area contributed by atoms with E-state index < -0.39 is 42.1 Å². The third kappa shape index (κ3) is 5.61. The molecule has 0 spiro atoms. The molecule has 3 heterocycles. The second-order valence-corrected chi connectivity index (χ2v) is 7.70. The van der Waals surface area contributed by atoms with Gasteiger partial charge in [0.15, 0.2) is 18.0 Å². The fraction of sp³-hybridized carbons (Fsp3) is 0.474. The van der Waals surface area contributed by atoms with Crippen molar-refractivity contribution in [3.8, 4) is 0 Å². The number of tetrazole rings is 1. The van der Waals surface area contributed by atoms with Crippen molar-refractivity contribution in [2.75, 3.05) is 49.1 Å². The van der Waals surface area contributed by atoms with Crippen LogP contribution in [0.4, 0.5) is 33.7 Å². The van der Waals surface area contributed by atoms with Crippen LogP contribution in [0.15, 0.2) is 18.5 Å². The Bertz CT molecular complexity index is 1100. The summed E-state index contributed by atoms with van der Waals surface area (Å²) in [4.78, 5) is 44.3. The van der Waals surface area contributed by atoms with Gasteiger partial charge in [-0.1, -0.05) is 0 Å². The van der Waals surface area contributed by atoms with E-state index in [-0.39, 0.29) is 57.3 Å². The Morgan fingerprint density at radius 3 is 2.58 bits per heavy atom. The van der Waals surface area contributed by atoms with Gasteiger partial charge in [0.2, 0.25) is 0 Å². The first-order valence-electron chi connectivity index (χ1n) is 10.6. The molecule has 2 aliphatic rings. The highest BCUT2D eigenvalue weighted by molar-refractivity contribution is 5.90. The SMILES string of the molecule is O=C(NC[C@H]1CN(c2cc(F)c(N3CCON(C(=O)Cn4ncnn4)CC3)c(F)c2)C(=O)O1)C(F)F. The van der Waals surface area contributed by atoms with Gasteiger partial charge >= 0.3 is 12.5 Å². The molecule has 0 saturated carbocycles. The van der Waals surface area contributed by atoms with E-state index in [4.69, 9.17) is 9.57 Å². The first-order valence-corrected chi connectivity index (χ1v) is 10.6. The Morgan fingerprint density at radius 2 is 1.92 bits per heavy atom. The lowest BCUT2D eigenvalue weighted by Crippen LogP contribution is -2.37. The number of carbonyl (C=O) groups is 3. The minimum absolute atomic E-state index is 0.00136. The zero-order chi connectivity index (χ0) is 25.8. The Kier molecular flexibility index (Phi) is 7.47. The molecule has 3 amide bonds. The van der Waals surface area contributed by atoms with Gasteiger partial charge in [-0.3, -0.25) is 19.3 Å². The zero-order valence-electron chi connectivity index (χ0n) is 18.5. The van der Waals surface area contributed by atoms with Gasteiger partial charge in [0.1, 0.15) is 18.3 Å². The topological polar surface area (TPSA) is 135 Å². The number of aromatic nitrogens is 4. The molecule has 1 aromatic heterocycles. The molecule has 2 fully saturated rings. The summed E-state index contributed by atoms with van der Waals surface area (Å²) in [6.45, 7) is -0.756. The molecular weight excluding hydrogens is 496 g/mol. The molecule has 1 atom stereocenters. The smallest absolute Gasteiger partial charge is 0.414 e. The zero-order valence-corrected chi connectivity index (χ0v) is 18.5. The number of ether oxygens (including phenoxy) is 1. The maximum Gasteiger partial charge on any atom is 0.414 e. The van der Waals surface area contributed by atoms with Crippen molar-refractivity contribution >= 4 is 29.3 Å². The second kappa shape index (κ2) is 10.7. The van der Waals surface area contributed by atoms with Crippen molar-refractivity contribution in [1.29, 1.82) is 0 Å². The summed E-state index contributed by atoms with van der Waals surface area (Å²) in [5.41, 5.74) is -0.521. The Labute approximate surface area is 200 Å². The van der Waals surface area contributed by atoms with E-state index in [0.29, 0.717) is 0 Å². The molecule has 2 aliphatic heterocycles. The van der Waals surface area contributed by atoms with Gasteiger partial charge in [0, 0.05) is 25.2 Å². The highest BCUT2D eigenvalue weighted by Crippen LogP contribution is 2.31. The van der Waals surface area contributed by atoms with Crippen LogP contribution in [0.1, 0.15) is 0 Å². The lowest BCUT2D eigenvalue weighted by atomic mass is 10.2. The minimum Gasteiger partial charge on any atom is -0.442 e. The number of benzene rings is 1. The highest BCUT2D eigenvalue weighted by Gasteiger charge is 2.34. The first kappa shape index (κ1) is 25.1. The van der Waals surface area contributed by atoms with Gasteiger partial charge in [0.05, 0.1) is 31.9 Å². The van der Waals surface area contributed by atoms with Crippen LogP contribution < -0.4 is 15.1 Å². The van der Waals surface area contributed by atoms with E-state index in [1.807, 2.05) is 5.32 Å². The summed E-state index contributed by atoms with van der Waals surface area (Å²) >= 11 is 0. The van der Waals surface area contributed by atoms with Gasteiger partial charge in [0.25, 0.3) is 11.8 Å². The van der Waals surface area contributed by atoms with Crippen LogP contribution in [-0.4, -0.2) is 95.0 Å². The lowest BCUT2D eigenvalue weighted by Gasteiger charge is -2.24. The number of alkyl halides is 2. The standard InChI is InChI=1S/C19H20F4N8O5/c20-13-5-11(29-8-12(36-19(29)34)7-24-18(33)17(22)23)6-14(21)16(13)28-1-2-30(35-4-3-28)15(32)9-31-26-10-25-27-31/h5-6,10,12,17H,1-4,7-9H2,(H,24,33)/t12-/m0/s1. The maximum absolute atomic E-state index is 15.0. The van der Waals surface area contributed by atoms with Crippen LogP contribution in [0.25, 0.3) is 0 Å². The molecule has 0 unspecified atom stereocenters. The predicted octanol–water partition coefficient (Wildman–Crippen LogP) is -0.0618. The summed E-state index contributed by atoms with van der Waals surface area (Å²) < 4.78 is 59.6. The average molecular weight is 516 g/mol. The van der Waals surface area contributed by atoms with Gasteiger partial charge < -0.3 is 15.0 Å². The van der Waals surface area contributed by atoms with Gasteiger partial charge in [-0.2, -0.15) is 13.6 Å². The molecule has 194 valence electrons. The van der Waals surface area contributed by atoms with Crippen LogP contribution in [0.3, 0.4) is 0 Å². The molecule has 36 heavy (non-hydrogen) atoms. The molecule has 0 radical (unpaired) electrons. The number of hydrogen-bond acceptors (Lipinski definition) is 9. The molecule has 2 saturated heterocycles. The molecule has 13 nitrogen and oxygen atoms in total. The van der Waals surface area contributed by atoms with Crippen LogP contribution in [-0.2, 0) is 25.7 Å². The molecule has 2 aromatic rings. The molecule has 1 aromatic carbocycles. The van der Waals surface area contributed by atoms with Crippen LogP contribution in [0.5, 0.6) is 0 Å². The summed E-state index contributed by atoms with van der Waals surface area (Å²) in [7, 11) is 0. The third-order valence-electron chi connectivity index (χ3n) is 5.33. The van der Waals surface area contributed by atoms with E-state index in [1.165, 1.54) is 11.2 Å². The molecule has 0 aliphatic carbocycles. The minimum atomic E-state index is -3.23. The largest absolute Gasteiger partial charge is 0.442 e. The lowest BCUT2D eigenvalue weighted by molar-refractivity contribution is -0.183. The number of nitrogens with one attached hydrogen (secondary N) is 1. The van der Waals surface area contributed by atoms with E-state index in [2.05, 4.69) is 15.4 Å². The number of rotatable bonds is 7. The maximum atomic E-state index is 15.0. The molecule has 1 N–H and O–H groups in total. The number of nitrogens with zero attached hydrogens (tertiary/aromatic N) is 7. The van der Waals surface area contributed by atoms with Crippen molar-refractivity contribution in [2.45, 2.75) is 19.1 Å². The number of hydrogen-bond donors (Lipinski definition) is 1. The molecule has 0 bridgehead atoms. The van der Waals surface area contributed by atoms with Crippen LogP contribution in [0, 0.1) is 11.6 Å². The summed E-state index contributed by atoms with van der Waals surface area (Å²) in [6, 6.07) is 1.87. The van der Waals surface area contributed by atoms with Crippen molar-refractivity contribution in [3.63, 3.8) is 0 Å². The Morgan fingerprint density at radius 1 is 1.17 bits per heavy atom. The van der Waals surface area contributed by atoms with E-state index >= 15 is 8.78 Å². The van der Waals surface area contributed by atoms with Gasteiger partial charge in [-0.25, -0.2) is 18.6 Å². The van der Waals surface area contributed by atoms with Crippen LogP contribution in [0.2, 0.25) is 0 Å². The Hall–Kier alpha value is -4.02. The number of halogens is 4. The predicted molar refractivity (Wildman–Crippen MR) is 111 cm³/mol. The van der Waals surface area contributed by atoms with E-state index in [0.717, 1.165) is 26.9 Å². The third-order valence-corrected chi connectivity index (χ3v) is 5.33. The average Bonchev–Trinajstić information content (AvgIpc) is 3.40. The summed E-state index contributed by atoms with van der Waals surface area (Å²) in [6.07, 6.45) is -3.99. The molecule has 4 rings (SSSR count). The summed E-state index contributed by atoms with van der Waals surface area (Å²) in [5.74, 6) is -3.95. The van der Waals surface area contributed by atoms with Gasteiger partial charge in [-0.05, 0) is 5.21 Å². The van der Waals surface area contributed by atoms with Crippen molar-refractivity contribution in [1.82, 2.24) is 30.6 Å². The van der Waals surface area contributed by atoms with Crippen molar-refractivity contribution in [2.24, 2.45) is 0 Å². The quantitative estimate of drug-likeness (QED) is 0.502. The highest BCUT2D eigenvalue weighted by atomic mass is 19.3. The van der Waals surface area contributed by atoms with Crippen LogP contribution >= 0.6 is 0 Å². The first-order chi connectivity index (χ1) is 17.2. The fourth-order valence-corrected chi connectivity index (χ4v) is 3.67. The van der Waals surface area contributed by atoms with Gasteiger partial charge in [-0.15, -0.1) is 10.2 Å². The van der Waals surface area contributed by atoms with E-state index in [1.54, 1.807) is 0 Å².